The minimum atomic E-state index is -5.94. The lowest BCUT2D eigenvalue weighted by Gasteiger charge is -2.23. The molecule has 0 unspecified atom stereocenters. The Hall–Kier alpha value is -8.58. The van der Waals surface area contributed by atoms with Crippen molar-refractivity contribution in [3.63, 3.8) is 0 Å². The minimum Gasteiger partial charge on any atom is -0.405 e. The van der Waals surface area contributed by atoms with Crippen LogP contribution in [0.25, 0.3) is 76.7 Å². The van der Waals surface area contributed by atoms with Crippen molar-refractivity contribution < 1.29 is 71.0 Å². The van der Waals surface area contributed by atoms with Gasteiger partial charge in [-0.05, 0) is 71.8 Å². The second kappa shape index (κ2) is 14.5. The molecule has 0 fully saturated rings. The number of aromatic nitrogens is 2. The summed E-state index contributed by atoms with van der Waals surface area (Å²) in [5, 5.41) is -4.36. The fraction of sp³-hybridized carbons (Fsp3) is 0.0952. The summed E-state index contributed by atoms with van der Waals surface area (Å²) in [6.07, 6.45) is -23.3. The van der Waals surface area contributed by atoms with Crippen LogP contribution in [-0.2, 0) is 12.4 Å². The molecule has 4 heterocycles. The lowest BCUT2D eigenvalue weighted by Crippen LogP contribution is -2.24. The maximum absolute atomic E-state index is 14.9. The van der Waals surface area contributed by atoms with Gasteiger partial charge in [0.2, 0.25) is 0 Å². The second-order valence-corrected chi connectivity index (χ2v) is 14.5. The molecule has 0 atom stereocenters. The number of halogens is 12. The normalized spacial score (nSPS) is 12.9. The van der Waals surface area contributed by atoms with Crippen LogP contribution < -0.4 is 54.2 Å². The van der Waals surface area contributed by atoms with Gasteiger partial charge in [0.05, 0.1) is 65.6 Å². The van der Waals surface area contributed by atoms with Gasteiger partial charge in [-0.25, -0.2) is 28.3 Å². The summed E-state index contributed by atoms with van der Waals surface area (Å²) in [5.41, 5.74) is -22.6. The van der Waals surface area contributed by atoms with E-state index in [2.05, 4.69) is 18.3 Å². The molecular weight excluding hydrogens is 952 g/mol. The van der Waals surface area contributed by atoms with Crippen molar-refractivity contribution in [1.29, 1.82) is 0 Å². The Morgan fingerprint density at radius 3 is 0.882 bits per heavy atom. The number of furan rings is 2. The van der Waals surface area contributed by atoms with E-state index in [1.807, 2.05) is 0 Å². The largest absolute Gasteiger partial charge is 0.573 e. The number of rotatable bonds is 6. The predicted octanol–water partition coefficient (Wildman–Crippen LogP) is 6.87. The SMILES string of the molecule is O=c1oc(=O)c2cc3c(=O)n(-c4ccc(-c5cc(OC(F)(F)F)c(-c6ccc(-n7c(=O)c8cc9c(=O)oc(=O)c9cc8c7=O)cc6C(F)(F)F)cc5OC(F)(F)F)c(C(F)(F)F)c4)c(=O)c3cc12. The van der Waals surface area contributed by atoms with Gasteiger partial charge >= 0.3 is 47.6 Å². The summed E-state index contributed by atoms with van der Waals surface area (Å²) in [4.78, 5) is 102. The first-order chi connectivity index (χ1) is 31.5. The van der Waals surface area contributed by atoms with E-state index in [1.165, 1.54) is 0 Å². The third kappa shape index (κ3) is 7.19. The molecule has 346 valence electrons. The van der Waals surface area contributed by atoms with E-state index in [1.54, 1.807) is 0 Å². The summed E-state index contributed by atoms with van der Waals surface area (Å²) in [7, 11) is 0. The second-order valence-electron chi connectivity index (χ2n) is 14.5. The molecule has 9 aromatic rings. The Bertz CT molecular complexity index is 3700. The Morgan fingerprint density at radius 1 is 0.353 bits per heavy atom. The van der Waals surface area contributed by atoms with Crippen LogP contribution in [0.5, 0.6) is 11.5 Å². The maximum Gasteiger partial charge on any atom is 0.573 e. The molecule has 26 heteroatoms. The van der Waals surface area contributed by atoms with Gasteiger partial charge in [-0.1, -0.05) is 12.1 Å². The summed E-state index contributed by atoms with van der Waals surface area (Å²) in [6.45, 7) is 0. The first kappa shape index (κ1) is 44.6. The van der Waals surface area contributed by atoms with E-state index in [4.69, 9.17) is 0 Å². The summed E-state index contributed by atoms with van der Waals surface area (Å²) < 4.78 is 190. The zero-order valence-electron chi connectivity index (χ0n) is 32.3. The van der Waals surface area contributed by atoms with Gasteiger partial charge in [-0.2, -0.15) is 26.3 Å². The molecule has 0 aliphatic carbocycles. The van der Waals surface area contributed by atoms with Crippen LogP contribution in [0.3, 0.4) is 0 Å². The lowest BCUT2D eigenvalue weighted by atomic mass is 9.92. The highest BCUT2D eigenvalue weighted by molar-refractivity contribution is 5.99. The van der Waals surface area contributed by atoms with Crippen molar-refractivity contribution in [2.75, 3.05) is 0 Å². The highest BCUT2D eigenvalue weighted by atomic mass is 19.4. The van der Waals surface area contributed by atoms with Gasteiger partial charge < -0.3 is 18.3 Å². The van der Waals surface area contributed by atoms with Crippen LogP contribution in [0, 0.1) is 0 Å². The van der Waals surface area contributed by atoms with Gasteiger partial charge in [0.15, 0.2) is 0 Å². The zero-order chi connectivity index (χ0) is 49.5. The quantitative estimate of drug-likeness (QED) is 0.158. The fourth-order valence-corrected chi connectivity index (χ4v) is 7.79. The third-order valence-electron chi connectivity index (χ3n) is 10.5. The molecule has 0 aliphatic rings. The molecular formula is C42H12F12N2O12. The molecule has 4 aromatic heterocycles. The van der Waals surface area contributed by atoms with Crippen molar-refractivity contribution in [3.8, 4) is 45.1 Å². The summed E-state index contributed by atoms with van der Waals surface area (Å²) >= 11 is 0. The Balaban J connectivity index is 1.26. The Kier molecular flexibility index (Phi) is 9.49. The third-order valence-corrected chi connectivity index (χ3v) is 10.5. The molecule has 5 aromatic carbocycles. The van der Waals surface area contributed by atoms with Crippen molar-refractivity contribution in [1.82, 2.24) is 9.13 Å². The van der Waals surface area contributed by atoms with E-state index < -0.39 is 169 Å². The molecule has 68 heavy (non-hydrogen) atoms. The Morgan fingerprint density at radius 2 is 0.632 bits per heavy atom. The molecule has 14 nitrogen and oxygen atoms in total. The number of fused-ring (bicyclic) bond motifs is 4. The number of ether oxygens (including phenoxy) is 2. The lowest BCUT2D eigenvalue weighted by molar-refractivity contribution is -0.276. The smallest absolute Gasteiger partial charge is 0.405 e. The number of alkyl halides is 12. The van der Waals surface area contributed by atoms with Crippen LogP contribution in [-0.4, -0.2) is 21.9 Å². The highest BCUT2D eigenvalue weighted by Gasteiger charge is 2.41. The number of benzene rings is 5. The van der Waals surface area contributed by atoms with Crippen LogP contribution in [0.1, 0.15) is 11.1 Å². The molecule has 0 saturated heterocycles. The van der Waals surface area contributed by atoms with Crippen LogP contribution in [0.15, 0.2) is 120 Å². The van der Waals surface area contributed by atoms with Gasteiger partial charge in [-0.3, -0.25) is 19.2 Å². The molecule has 0 aliphatic heterocycles. The molecule has 0 radical (unpaired) electrons. The number of hydrogen-bond acceptors (Lipinski definition) is 12. The standard InChI is InChI=1S/C42H12F12N2O12/c43-39(44,45)27-5-13(55-31(57)19-7-23-24(8-20(19)32(55)58)36(62)65-35(23)61)1-3-15(27)17-11-30(68-42(52,53)54)18(12-29(17)67-41(49,50)51)16-4-2-14(6-28(16)40(46,47)48)56-33(59)21-9-25-26(10-22(21)34(56)60)38(64)66-37(25)63/h1-12H. The minimum absolute atomic E-state index is 0.0105. The van der Waals surface area contributed by atoms with E-state index in [-0.39, 0.29) is 45.5 Å². The van der Waals surface area contributed by atoms with E-state index >= 15 is 0 Å². The zero-order valence-corrected chi connectivity index (χ0v) is 32.3. The van der Waals surface area contributed by atoms with Gasteiger partial charge in [0, 0.05) is 11.1 Å². The van der Waals surface area contributed by atoms with Gasteiger partial charge in [-0.15, -0.1) is 26.3 Å². The van der Waals surface area contributed by atoms with E-state index in [0.29, 0.717) is 12.1 Å². The van der Waals surface area contributed by atoms with Gasteiger partial charge in [0.25, 0.3) is 22.2 Å². The number of hydrogen-bond donors (Lipinski definition) is 0. The van der Waals surface area contributed by atoms with E-state index in [9.17, 15) is 91.0 Å². The number of nitrogens with zero attached hydrogens (tertiary/aromatic N) is 2. The first-order valence-electron chi connectivity index (χ1n) is 18.3. The predicted molar refractivity (Wildman–Crippen MR) is 209 cm³/mol. The average Bonchev–Trinajstić information content (AvgIpc) is 3.86. The molecule has 0 amide bonds. The van der Waals surface area contributed by atoms with Crippen molar-refractivity contribution in [2.24, 2.45) is 0 Å². The molecule has 0 spiro atoms. The molecule has 0 N–H and O–H groups in total. The molecule has 9 rings (SSSR count). The van der Waals surface area contributed by atoms with Crippen molar-refractivity contribution in [3.05, 3.63) is 167 Å². The van der Waals surface area contributed by atoms with Crippen molar-refractivity contribution >= 4 is 43.1 Å². The Labute approximate surface area is 360 Å². The fourth-order valence-electron chi connectivity index (χ4n) is 7.79. The molecule has 0 bridgehead atoms. The highest BCUT2D eigenvalue weighted by Crippen LogP contribution is 2.50. The first-order valence-corrected chi connectivity index (χ1v) is 18.3. The maximum atomic E-state index is 14.9. The summed E-state index contributed by atoms with van der Waals surface area (Å²) in [6, 6.07) is 4.28. The summed E-state index contributed by atoms with van der Waals surface area (Å²) in [5.74, 6) is -3.74. The van der Waals surface area contributed by atoms with E-state index in [0.717, 1.165) is 24.3 Å². The van der Waals surface area contributed by atoms with Crippen molar-refractivity contribution in [2.45, 2.75) is 25.1 Å². The molecule has 0 saturated carbocycles. The topological polar surface area (TPSA) is 191 Å². The van der Waals surface area contributed by atoms with Crippen LogP contribution >= 0.6 is 0 Å². The van der Waals surface area contributed by atoms with Gasteiger partial charge in [0.1, 0.15) is 11.5 Å². The van der Waals surface area contributed by atoms with Crippen LogP contribution in [0.2, 0.25) is 0 Å². The monoisotopic (exact) mass is 964 g/mol. The average molecular weight is 965 g/mol. The van der Waals surface area contributed by atoms with Crippen LogP contribution in [0.4, 0.5) is 52.7 Å².